The highest BCUT2D eigenvalue weighted by molar-refractivity contribution is 5.82. The van der Waals surface area contributed by atoms with Crippen molar-refractivity contribution in [1.29, 1.82) is 0 Å². The fourth-order valence-corrected chi connectivity index (χ4v) is 3.55. The molecular weight excluding hydrogens is 379 g/mol. The normalized spacial score (nSPS) is 18.5. The predicted octanol–water partition coefficient (Wildman–Crippen LogP) is 4.65. The molecular formula is C22H20F3N3O. The molecule has 2 aromatic carbocycles. The summed E-state index contributed by atoms with van der Waals surface area (Å²) in [6.07, 6.45) is -0.0596. The third-order valence-corrected chi connectivity index (χ3v) is 5.23. The van der Waals surface area contributed by atoms with Gasteiger partial charge in [-0.1, -0.05) is 30.3 Å². The Morgan fingerprint density at radius 2 is 1.83 bits per heavy atom. The average molecular weight is 399 g/mol. The van der Waals surface area contributed by atoms with E-state index < -0.39 is 11.7 Å². The van der Waals surface area contributed by atoms with Gasteiger partial charge in [-0.2, -0.15) is 18.3 Å². The maximum atomic E-state index is 12.7. The van der Waals surface area contributed by atoms with Gasteiger partial charge >= 0.3 is 6.18 Å². The first-order valence-corrected chi connectivity index (χ1v) is 9.34. The van der Waals surface area contributed by atoms with Gasteiger partial charge in [0.1, 0.15) is 0 Å². The van der Waals surface area contributed by atoms with Crippen LogP contribution in [0.5, 0.6) is 0 Å². The van der Waals surface area contributed by atoms with Crippen LogP contribution in [0, 0.1) is 5.92 Å². The summed E-state index contributed by atoms with van der Waals surface area (Å²) in [5, 5.41) is 4.34. The van der Waals surface area contributed by atoms with Crippen LogP contribution in [0.1, 0.15) is 29.0 Å². The van der Waals surface area contributed by atoms with Crippen molar-refractivity contribution in [2.45, 2.75) is 25.1 Å². The van der Waals surface area contributed by atoms with Crippen molar-refractivity contribution in [3.63, 3.8) is 0 Å². The number of rotatable bonds is 5. The molecule has 1 heterocycles. The second kappa shape index (κ2) is 7.39. The van der Waals surface area contributed by atoms with Crippen molar-refractivity contribution in [2.75, 3.05) is 7.05 Å². The highest BCUT2D eigenvalue weighted by Crippen LogP contribution is 2.48. The zero-order valence-electron chi connectivity index (χ0n) is 15.8. The van der Waals surface area contributed by atoms with Crippen LogP contribution in [0.2, 0.25) is 0 Å². The van der Waals surface area contributed by atoms with Crippen LogP contribution in [0.25, 0.3) is 5.69 Å². The molecule has 0 N–H and O–H groups in total. The zero-order valence-corrected chi connectivity index (χ0v) is 15.8. The van der Waals surface area contributed by atoms with Gasteiger partial charge in [-0.05, 0) is 42.2 Å². The number of benzene rings is 2. The van der Waals surface area contributed by atoms with Gasteiger partial charge in [-0.3, -0.25) is 4.79 Å². The molecule has 1 aliphatic carbocycles. The van der Waals surface area contributed by atoms with Gasteiger partial charge in [-0.15, -0.1) is 0 Å². The summed E-state index contributed by atoms with van der Waals surface area (Å²) in [7, 11) is 1.74. The van der Waals surface area contributed by atoms with Crippen LogP contribution in [0.3, 0.4) is 0 Å². The lowest BCUT2D eigenvalue weighted by Crippen LogP contribution is -2.27. The zero-order chi connectivity index (χ0) is 20.6. The van der Waals surface area contributed by atoms with Crippen LogP contribution in [0.4, 0.5) is 13.2 Å². The number of nitrogens with zero attached hydrogens (tertiary/aromatic N) is 3. The first-order valence-electron chi connectivity index (χ1n) is 9.34. The van der Waals surface area contributed by atoms with Gasteiger partial charge in [0.15, 0.2) is 0 Å². The Kier molecular flexibility index (Phi) is 4.90. The molecule has 1 aromatic heterocycles. The van der Waals surface area contributed by atoms with E-state index in [1.54, 1.807) is 22.8 Å². The van der Waals surface area contributed by atoms with Gasteiger partial charge in [0, 0.05) is 31.3 Å². The molecule has 0 bridgehead atoms. The number of hydrogen-bond acceptors (Lipinski definition) is 2. The molecule has 29 heavy (non-hydrogen) atoms. The minimum absolute atomic E-state index is 0.00218. The predicted molar refractivity (Wildman–Crippen MR) is 102 cm³/mol. The largest absolute Gasteiger partial charge is 0.416 e. The molecule has 7 heteroatoms. The van der Waals surface area contributed by atoms with E-state index in [1.807, 2.05) is 36.5 Å². The lowest BCUT2D eigenvalue weighted by atomic mass is 10.1. The fraction of sp³-hybridized carbons (Fsp3) is 0.273. The topological polar surface area (TPSA) is 38.1 Å². The number of amides is 1. The molecule has 0 radical (unpaired) electrons. The van der Waals surface area contributed by atoms with Gasteiger partial charge in [0.05, 0.1) is 17.4 Å². The van der Waals surface area contributed by atoms with Gasteiger partial charge in [0.25, 0.3) is 0 Å². The highest BCUT2D eigenvalue weighted by atomic mass is 19.4. The number of hydrogen-bond donors (Lipinski definition) is 0. The van der Waals surface area contributed by atoms with E-state index in [0.29, 0.717) is 13.0 Å². The van der Waals surface area contributed by atoms with Crippen molar-refractivity contribution >= 4 is 5.91 Å². The Labute approximate surface area is 166 Å². The first kappa shape index (κ1) is 19.2. The summed E-state index contributed by atoms with van der Waals surface area (Å²) >= 11 is 0. The van der Waals surface area contributed by atoms with Crippen LogP contribution in [-0.2, 0) is 17.5 Å². The highest BCUT2D eigenvalue weighted by Gasteiger charge is 2.45. The fourth-order valence-electron chi connectivity index (χ4n) is 3.55. The second-order valence-electron chi connectivity index (χ2n) is 7.39. The molecule has 1 fully saturated rings. The number of alkyl halides is 3. The molecule has 4 rings (SSSR count). The minimum atomic E-state index is -4.35. The summed E-state index contributed by atoms with van der Waals surface area (Å²) in [4.78, 5) is 14.4. The molecule has 0 saturated heterocycles. The Morgan fingerprint density at radius 1 is 1.14 bits per heavy atom. The third-order valence-electron chi connectivity index (χ3n) is 5.23. The summed E-state index contributed by atoms with van der Waals surface area (Å²) in [6, 6.07) is 14.8. The van der Waals surface area contributed by atoms with Crippen LogP contribution in [0.15, 0.2) is 67.0 Å². The number of para-hydroxylation sites is 1. The van der Waals surface area contributed by atoms with E-state index in [9.17, 15) is 18.0 Å². The Balaban J connectivity index is 1.36. The van der Waals surface area contributed by atoms with Crippen molar-refractivity contribution in [1.82, 2.24) is 14.7 Å². The van der Waals surface area contributed by atoms with Crippen LogP contribution < -0.4 is 0 Å². The number of aromatic nitrogens is 2. The third kappa shape index (κ3) is 4.18. The van der Waals surface area contributed by atoms with E-state index in [4.69, 9.17) is 0 Å². The molecule has 0 aliphatic heterocycles. The second-order valence-corrected chi connectivity index (χ2v) is 7.39. The lowest BCUT2D eigenvalue weighted by Gasteiger charge is -2.16. The molecule has 1 saturated carbocycles. The standard InChI is InChI=1S/C22H20F3N3O/c1-27(13-15-12-26-28(14-15)18-5-3-2-4-6-18)21(29)20-11-19(20)16-7-9-17(10-8-16)22(23,24)25/h2-10,12,14,19-20H,11,13H2,1H3. The van der Waals surface area contributed by atoms with E-state index in [-0.39, 0.29) is 17.7 Å². The summed E-state index contributed by atoms with van der Waals surface area (Å²) in [5.41, 5.74) is 1.97. The van der Waals surface area contributed by atoms with Crippen molar-refractivity contribution in [3.05, 3.63) is 83.7 Å². The molecule has 1 aliphatic rings. The Bertz CT molecular complexity index is 996. The summed E-state index contributed by atoms with van der Waals surface area (Å²) < 4.78 is 39.8. The number of carbonyl (C=O) groups excluding carboxylic acids is 1. The monoisotopic (exact) mass is 399 g/mol. The SMILES string of the molecule is CN(Cc1cnn(-c2ccccc2)c1)C(=O)C1CC1c1ccc(C(F)(F)F)cc1. The maximum Gasteiger partial charge on any atom is 0.416 e. The van der Waals surface area contributed by atoms with E-state index >= 15 is 0 Å². The van der Waals surface area contributed by atoms with Crippen molar-refractivity contribution < 1.29 is 18.0 Å². The molecule has 3 aromatic rings. The smallest absolute Gasteiger partial charge is 0.341 e. The van der Waals surface area contributed by atoms with Gasteiger partial charge in [0.2, 0.25) is 5.91 Å². The quantitative estimate of drug-likeness (QED) is 0.626. The number of carbonyl (C=O) groups is 1. The molecule has 2 atom stereocenters. The first-order chi connectivity index (χ1) is 13.8. The van der Waals surface area contributed by atoms with Gasteiger partial charge < -0.3 is 4.90 Å². The van der Waals surface area contributed by atoms with E-state index in [2.05, 4.69) is 5.10 Å². The minimum Gasteiger partial charge on any atom is -0.341 e. The molecule has 0 spiro atoms. The number of halogens is 3. The van der Waals surface area contributed by atoms with Crippen molar-refractivity contribution in [2.24, 2.45) is 5.92 Å². The van der Waals surface area contributed by atoms with Crippen LogP contribution in [-0.4, -0.2) is 27.6 Å². The van der Waals surface area contributed by atoms with E-state index in [1.165, 1.54) is 12.1 Å². The summed E-state index contributed by atoms with van der Waals surface area (Å²) in [5.74, 6) is -0.192. The molecule has 1 amide bonds. The van der Waals surface area contributed by atoms with Crippen molar-refractivity contribution in [3.8, 4) is 5.69 Å². The van der Waals surface area contributed by atoms with E-state index in [0.717, 1.165) is 28.9 Å². The lowest BCUT2D eigenvalue weighted by molar-refractivity contribution is -0.137. The van der Waals surface area contributed by atoms with Crippen LogP contribution >= 0.6 is 0 Å². The summed E-state index contributed by atoms with van der Waals surface area (Å²) in [6.45, 7) is 0.432. The molecule has 2 unspecified atom stereocenters. The Hall–Kier alpha value is -3.09. The average Bonchev–Trinajstić information content (AvgIpc) is 3.38. The van der Waals surface area contributed by atoms with Gasteiger partial charge in [-0.25, -0.2) is 4.68 Å². The maximum absolute atomic E-state index is 12.7. The Morgan fingerprint density at radius 3 is 2.48 bits per heavy atom. The molecule has 150 valence electrons. The molecule has 4 nitrogen and oxygen atoms in total.